The highest BCUT2D eigenvalue weighted by atomic mass is 19.4. The molecule has 0 aliphatic carbocycles. The van der Waals surface area contributed by atoms with Crippen LogP contribution in [0.3, 0.4) is 0 Å². The van der Waals surface area contributed by atoms with Crippen LogP contribution in [0.4, 0.5) is 32.0 Å². The van der Waals surface area contributed by atoms with Gasteiger partial charge in [-0.05, 0) is 61.5 Å². The zero-order chi connectivity index (χ0) is 23.5. The van der Waals surface area contributed by atoms with Crippen molar-refractivity contribution in [2.45, 2.75) is 25.8 Å². The number of nitrogens with zero attached hydrogens (tertiary/aromatic N) is 2. The van der Waals surface area contributed by atoms with Gasteiger partial charge in [0, 0.05) is 17.8 Å². The fraction of sp³-hybridized carbons (Fsp3) is 0.261. The predicted molar refractivity (Wildman–Crippen MR) is 109 cm³/mol. The number of rotatable bonds is 6. The summed E-state index contributed by atoms with van der Waals surface area (Å²) in [6.07, 6.45) is -9.80. The molecule has 0 N–H and O–H groups in total. The molecule has 32 heavy (non-hydrogen) atoms. The first kappa shape index (κ1) is 23.4. The van der Waals surface area contributed by atoms with Crippen LogP contribution in [0.2, 0.25) is 0 Å². The summed E-state index contributed by atoms with van der Waals surface area (Å²) in [4.78, 5) is 5.95. The van der Waals surface area contributed by atoms with Gasteiger partial charge in [-0.25, -0.2) is 0 Å². The molecule has 0 bridgehead atoms. The lowest BCUT2D eigenvalue weighted by Crippen LogP contribution is -2.24. The normalized spacial score (nSPS) is 12.0. The van der Waals surface area contributed by atoms with Gasteiger partial charge in [-0.3, -0.25) is 4.98 Å². The molecule has 9 heteroatoms. The van der Waals surface area contributed by atoms with Crippen molar-refractivity contribution < 1.29 is 31.1 Å². The molecule has 3 rings (SSSR count). The molecule has 0 aliphatic rings. The Hall–Kier alpha value is -3.23. The summed E-state index contributed by atoms with van der Waals surface area (Å²) in [5, 5.41) is 0. The van der Waals surface area contributed by atoms with Crippen LogP contribution in [0.5, 0.6) is 5.75 Å². The van der Waals surface area contributed by atoms with Crippen molar-refractivity contribution in [2.75, 3.05) is 18.6 Å². The second-order valence-electron chi connectivity index (χ2n) is 7.02. The van der Waals surface area contributed by atoms with Crippen molar-refractivity contribution in [3.05, 3.63) is 77.5 Å². The van der Waals surface area contributed by atoms with Crippen molar-refractivity contribution in [1.29, 1.82) is 0 Å². The van der Waals surface area contributed by atoms with E-state index in [4.69, 9.17) is 4.74 Å². The zero-order valence-electron chi connectivity index (χ0n) is 17.3. The lowest BCUT2D eigenvalue weighted by Gasteiger charge is -2.25. The van der Waals surface area contributed by atoms with E-state index < -0.39 is 23.5 Å². The highest BCUT2D eigenvalue weighted by molar-refractivity contribution is 5.60. The molecular formula is C23H20F6N2O. The van der Waals surface area contributed by atoms with Crippen LogP contribution < -0.4 is 9.64 Å². The minimum atomic E-state index is -4.90. The quantitative estimate of drug-likeness (QED) is 0.382. The first-order valence-corrected chi connectivity index (χ1v) is 9.66. The van der Waals surface area contributed by atoms with E-state index in [1.807, 2.05) is 12.1 Å². The summed E-state index contributed by atoms with van der Waals surface area (Å²) in [6, 6.07) is 13.9. The number of halogens is 6. The molecule has 0 fully saturated rings. The molecule has 1 aromatic heterocycles. The molecule has 2 aromatic carbocycles. The van der Waals surface area contributed by atoms with Crippen LogP contribution in [-0.4, -0.2) is 18.6 Å². The fourth-order valence-corrected chi connectivity index (χ4v) is 3.19. The second kappa shape index (κ2) is 9.10. The Balaban J connectivity index is 1.94. The number of anilines is 1. The average molecular weight is 454 g/mol. The molecule has 1 heterocycles. The smallest absolute Gasteiger partial charge is 0.416 e. The standard InChI is InChI=1S/C23H20F6N2O/c1-3-31(19-12-16(22(24,25)26)11-17(13-19)23(27,28)29)14-18-5-4-6-21(30-18)15-7-9-20(32-2)10-8-15/h4-13H,3,14H2,1-2H3. The van der Waals surface area contributed by atoms with E-state index in [2.05, 4.69) is 4.98 Å². The SMILES string of the molecule is CCN(Cc1cccc(-c2ccc(OC)cc2)n1)c1cc(C(F)(F)F)cc(C(F)(F)F)c1. The number of alkyl halides is 6. The van der Waals surface area contributed by atoms with Crippen LogP contribution in [-0.2, 0) is 18.9 Å². The minimum Gasteiger partial charge on any atom is -0.497 e. The molecule has 170 valence electrons. The maximum Gasteiger partial charge on any atom is 0.416 e. The first-order valence-electron chi connectivity index (χ1n) is 9.66. The van der Waals surface area contributed by atoms with Gasteiger partial charge in [-0.15, -0.1) is 0 Å². The van der Waals surface area contributed by atoms with Crippen LogP contribution in [0, 0.1) is 0 Å². The predicted octanol–water partition coefficient (Wildman–Crippen LogP) is 6.82. The maximum absolute atomic E-state index is 13.2. The molecular weight excluding hydrogens is 434 g/mol. The van der Waals surface area contributed by atoms with Gasteiger partial charge in [0.15, 0.2) is 0 Å². The highest BCUT2D eigenvalue weighted by Gasteiger charge is 2.37. The Morgan fingerprint density at radius 3 is 1.94 bits per heavy atom. The summed E-state index contributed by atoms with van der Waals surface area (Å²) < 4.78 is 84.4. The van der Waals surface area contributed by atoms with Gasteiger partial charge >= 0.3 is 12.4 Å². The number of aromatic nitrogens is 1. The summed E-state index contributed by atoms with van der Waals surface area (Å²) in [5.41, 5.74) is -0.936. The minimum absolute atomic E-state index is 0.0408. The number of methoxy groups -OCH3 is 1. The van der Waals surface area contributed by atoms with Gasteiger partial charge in [-0.1, -0.05) is 6.07 Å². The van der Waals surface area contributed by atoms with Crippen LogP contribution in [0.25, 0.3) is 11.3 Å². The monoisotopic (exact) mass is 454 g/mol. The number of hydrogen-bond acceptors (Lipinski definition) is 3. The van der Waals surface area contributed by atoms with Gasteiger partial charge in [-0.2, -0.15) is 26.3 Å². The maximum atomic E-state index is 13.2. The number of hydrogen-bond donors (Lipinski definition) is 0. The van der Waals surface area contributed by atoms with Gasteiger partial charge in [0.1, 0.15) is 5.75 Å². The largest absolute Gasteiger partial charge is 0.497 e. The third-order valence-electron chi connectivity index (χ3n) is 4.86. The fourth-order valence-electron chi connectivity index (χ4n) is 3.19. The Morgan fingerprint density at radius 1 is 0.844 bits per heavy atom. The molecule has 0 atom stereocenters. The summed E-state index contributed by atoms with van der Waals surface area (Å²) in [5.74, 6) is 0.673. The molecule has 0 saturated heterocycles. The molecule has 0 aliphatic heterocycles. The van der Waals surface area contributed by atoms with E-state index in [9.17, 15) is 26.3 Å². The lowest BCUT2D eigenvalue weighted by molar-refractivity contribution is -0.143. The second-order valence-corrected chi connectivity index (χ2v) is 7.02. The first-order chi connectivity index (χ1) is 15.0. The Kier molecular flexibility index (Phi) is 6.66. The van der Waals surface area contributed by atoms with E-state index in [0.29, 0.717) is 17.1 Å². The van der Waals surface area contributed by atoms with Gasteiger partial charge in [0.25, 0.3) is 0 Å². The third-order valence-corrected chi connectivity index (χ3v) is 4.86. The van der Waals surface area contributed by atoms with E-state index in [0.717, 1.165) is 17.7 Å². The van der Waals surface area contributed by atoms with Crippen molar-refractivity contribution in [3.8, 4) is 17.0 Å². The zero-order valence-corrected chi connectivity index (χ0v) is 17.3. The van der Waals surface area contributed by atoms with E-state index in [1.165, 1.54) is 4.90 Å². The number of pyridine rings is 1. The van der Waals surface area contributed by atoms with Crippen LogP contribution in [0.15, 0.2) is 60.7 Å². The Labute approximate surface area is 181 Å². The summed E-state index contributed by atoms with van der Waals surface area (Å²) in [7, 11) is 1.55. The van der Waals surface area contributed by atoms with Crippen molar-refractivity contribution in [2.24, 2.45) is 0 Å². The molecule has 3 aromatic rings. The molecule has 0 spiro atoms. The van der Waals surface area contributed by atoms with Gasteiger partial charge < -0.3 is 9.64 Å². The van der Waals surface area contributed by atoms with Crippen molar-refractivity contribution in [1.82, 2.24) is 4.98 Å². The van der Waals surface area contributed by atoms with E-state index in [-0.39, 0.29) is 24.8 Å². The molecule has 0 radical (unpaired) electrons. The summed E-state index contributed by atoms with van der Waals surface area (Å²) >= 11 is 0. The Morgan fingerprint density at radius 2 is 1.44 bits per heavy atom. The van der Waals surface area contributed by atoms with Crippen LogP contribution in [0.1, 0.15) is 23.7 Å². The molecule has 0 amide bonds. The van der Waals surface area contributed by atoms with Crippen molar-refractivity contribution >= 4 is 5.69 Å². The van der Waals surface area contributed by atoms with Crippen LogP contribution >= 0.6 is 0 Å². The van der Waals surface area contributed by atoms with Gasteiger partial charge in [0.05, 0.1) is 36.2 Å². The average Bonchev–Trinajstić information content (AvgIpc) is 2.76. The highest BCUT2D eigenvalue weighted by Crippen LogP contribution is 2.38. The molecule has 3 nitrogen and oxygen atoms in total. The third kappa shape index (κ3) is 5.52. The van der Waals surface area contributed by atoms with E-state index in [1.54, 1.807) is 44.4 Å². The molecule has 0 saturated carbocycles. The molecule has 0 unspecified atom stereocenters. The van der Waals surface area contributed by atoms with Crippen molar-refractivity contribution in [3.63, 3.8) is 0 Å². The topological polar surface area (TPSA) is 25.4 Å². The number of benzene rings is 2. The lowest BCUT2D eigenvalue weighted by atomic mass is 10.1. The summed E-state index contributed by atoms with van der Waals surface area (Å²) in [6.45, 7) is 1.88. The Bertz CT molecular complexity index is 1030. The van der Waals surface area contributed by atoms with E-state index >= 15 is 0 Å². The van der Waals surface area contributed by atoms with Gasteiger partial charge in [0.2, 0.25) is 0 Å². The number of ether oxygens (including phenoxy) is 1.